The molecule has 2 aromatic rings. The Morgan fingerprint density at radius 1 is 1.22 bits per heavy atom. The van der Waals surface area contributed by atoms with E-state index in [-0.39, 0.29) is 23.9 Å². The molecule has 0 spiro atoms. The van der Waals surface area contributed by atoms with Gasteiger partial charge >= 0.3 is 0 Å². The van der Waals surface area contributed by atoms with E-state index in [9.17, 15) is 9.18 Å². The Bertz CT molecular complexity index is 704. The van der Waals surface area contributed by atoms with Gasteiger partial charge in [0.2, 0.25) is 0 Å². The van der Waals surface area contributed by atoms with Gasteiger partial charge in [0.25, 0.3) is 5.91 Å². The van der Waals surface area contributed by atoms with Crippen LogP contribution in [0.4, 0.5) is 4.39 Å². The number of carbonyl (C=O) groups is 1. The van der Waals surface area contributed by atoms with E-state index in [4.69, 9.17) is 16.3 Å². The summed E-state index contributed by atoms with van der Waals surface area (Å²) in [4.78, 5) is 14.4. The smallest absolute Gasteiger partial charge is 0.254 e. The third-order valence-electron chi connectivity index (χ3n) is 3.86. The summed E-state index contributed by atoms with van der Waals surface area (Å²) in [6, 6.07) is 13.1. The highest BCUT2D eigenvalue weighted by Gasteiger charge is 2.30. The van der Waals surface area contributed by atoms with Crippen molar-refractivity contribution in [1.82, 2.24) is 4.90 Å². The molecule has 120 valence electrons. The zero-order valence-corrected chi connectivity index (χ0v) is 13.5. The van der Waals surface area contributed by atoms with Crippen LogP contribution in [-0.2, 0) is 4.74 Å². The number of rotatable bonds is 2. The SMILES string of the molecule is CC1CN(C(=O)c2cccc(Cl)c2)CC(c2ccc(F)cc2)O1. The lowest BCUT2D eigenvalue weighted by molar-refractivity contribution is -0.0691. The van der Waals surface area contributed by atoms with Crippen LogP contribution in [0.15, 0.2) is 48.5 Å². The number of amides is 1. The second-order valence-corrected chi connectivity index (χ2v) is 6.14. The predicted octanol–water partition coefficient (Wildman–Crippen LogP) is 4.08. The molecule has 3 rings (SSSR count). The normalized spacial score (nSPS) is 21.3. The monoisotopic (exact) mass is 333 g/mol. The van der Waals surface area contributed by atoms with Gasteiger partial charge < -0.3 is 9.64 Å². The minimum absolute atomic E-state index is 0.0743. The van der Waals surface area contributed by atoms with Crippen LogP contribution in [-0.4, -0.2) is 30.0 Å². The summed E-state index contributed by atoms with van der Waals surface area (Å²) < 4.78 is 19.0. The van der Waals surface area contributed by atoms with Crippen LogP contribution in [0.3, 0.4) is 0 Å². The lowest BCUT2D eigenvalue weighted by atomic mass is 10.1. The highest BCUT2D eigenvalue weighted by Crippen LogP contribution is 2.26. The minimum Gasteiger partial charge on any atom is -0.367 e. The summed E-state index contributed by atoms with van der Waals surface area (Å²) in [5, 5.41) is 0.534. The Labute approximate surface area is 139 Å². The van der Waals surface area contributed by atoms with Gasteiger partial charge in [-0.3, -0.25) is 4.79 Å². The van der Waals surface area contributed by atoms with E-state index >= 15 is 0 Å². The first-order valence-electron chi connectivity index (χ1n) is 7.48. The molecular formula is C18H17ClFNO2. The molecule has 0 bridgehead atoms. The van der Waals surface area contributed by atoms with Crippen molar-refractivity contribution in [1.29, 1.82) is 0 Å². The molecule has 5 heteroatoms. The lowest BCUT2D eigenvalue weighted by Crippen LogP contribution is -2.45. The summed E-state index contributed by atoms with van der Waals surface area (Å²) >= 11 is 5.96. The molecule has 1 amide bonds. The third kappa shape index (κ3) is 3.71. The van der Waals surface area contributed by atoms with Gasteiger partial charge in [0, 0.05) is 17.1 Å². The maximum atomic E-state index is 13.1. The Balaban J connectivity index is 1.80. The summed E-state index contributed by atoms with van der Waals surface area (Å²) in [6.07, 6.45) is -0.357. The molecule has 1 aliphatic rings. The van der Waals surface area contributed by atoms with Crippen molar-refractivity contribution in [2.75, 3.05) is 13.1 Å². The molecule has 2 aromatic carbocycles. The van der Waals surface area contributed by atoms with Gasteiger partial charge in [-0.15, -0.1) is 0 Å². The summed E-state index contributed by atoms with van der Waals surface area (Å²) in [6.45, 7) is 2.87. The van der Waals surface area contributed by atoms with Crippen molar-refractivity contribution in [2.45, 2.75) is 19.1 Å². The van der Waals surface area contributed by atoms with E-state index in [1.54, 1.807) is 41.3 Å². The maximum absolute atomic E-state index is 13.1. The molecule has 2 unspecified atom stereocenters. The van der Waals surface area contributed by atoms with Crippen molar-refractivity contribution in [3.63, 3.8) is 0 Å². The second-order valence-electron chi connectivity index (χ2n) is 5.71. The van der Waals surface area contributed by atoms with Crippen molar-refractivity contribution in [3.8, 4) is 0 Å². The minimum atomic E-state index is -0.288. The van der Waals surface area contributed by atoms with Crippen LogP contribution >= 0.6 is 11.6 Å². The number of nitrogens with zero attached hydrogens (tertiary/aromatic N) is 1. The number of hydrogen-bond acceptors (Lipinski definition) is 2. The second kappa shape index (κ2) is 6.69. The third-order valence-corrected chi connectivity index (χ3v) is 4.10. The van der Waals surface area contributed by atoms with Gasteiger partial charge in [-0.2, -0.15) is 0 Å². The fourth-order valence-electron chi connectivity index (χ4n) is 2.78. The van der Waals surface area contributed by atoms with Crippen LogP contribution < -0.4 is 0 Å². The standard InChI is InChI=1S/C18H17ClFNO2/c1-12-10-21(18(22)14-3-2-4-15(19)9-14)11-17(23-12)13-5-7-16(20)8-6-13/h2-9,12,17H,10-11H2,1H3. The van der Waals surface area contributed by atoms with E-state index in [0.717, 1.165) is 5.56 Å². The van der Waals surface area contributed by atoms with Crippen LogP contribution in [0.1, 0.15) is 28.9 Å². The number of ether oxygens (including phenoxy) is 1. The van der Waals surface area contributed by atoms with Gasteiger partial charge in [-0.05, 0) is 42.8 Å². The van der Waals surface area contributed by atoms with E-state index < -0.39 is 0 Å². The van der Waals surface area contributed by atoms with Crippen molar-refractivity contribution in [2.24, 2.45) is 0 Å². The van der Waals surface area contributed by atoms with E-state index in [2.05, 4.69) is 0 Å². The number of halogens is 2. The van der Waals surface area contributed by atoms with Crippen molar-refractivity contribution in [3.05, 3.63) is 70.5 Å². The van der Waals surface area contributed by atoms with E-state index in [1.165, 1.54) is 12.1 Å². The van der Waals surface area contributed by atoms with Crippen molar-refractivity contribution < 1.29 is 13.9 Å². The first-order chi connectivity index (χ1) is 11.0. The zero-order valence-electron chi connectivity index (χ0n) is 12.7. The fraction of sp³-hybridized carbons (Fsp3) is 0.278. The van der Waals surface area contributed by atoms with Crippen molar-refractivity contribution >= 4 is 17.5 Å². The van der Waals surface area contributed by atoms with E-state index in [0.29, 0.717) is 23.7 Å². The molecular weight excluding hydrogens is 317 g/mol. The molecule has 1 heterocycles. The zero-order chi connectivity index (χ0) is 16.4. The van der Waals surface area contributed by atoms with Gasteiger partial charge in [0.1, 0.15) is 11.9 Å². The summed E-state index contributed by atoms with van der Waals surface area (Å²) in [5.41, 5.74) is 1.42. The van der Waals surface area contributed by atoms with Crippen LogP contribution in [0.25, 0.3) is 0 Å². The predicted molar refractivity (Wildman–Crippen MR) is 87.0 cm³/mol. The molecule has 1 saturated heterocycles. The Kier molecular flexibility index (Phi) is 4.64. The number of benzene rings is 2. The first-order valence-corrected chi connectivity index (χ1v) is 7.86. The molecule has 0 radical (unpaired) electrons. The average molecular weight is 334 g/mol. The number of carbonyl (C=O) groups excluding carboxylic acids is 1. The molecule has 3 nitrogen and oxygen atoms in total. The van der Waals surface area contributed by atoms with Crippen LogP contribution in [0.2, 0.25) is 5.02 Å². The number of hydrogen-bond donors (Lipinski definition) is 0. The Hall–Kier alpha value is -1.91. The summed E-state index contributed by atoms with van der Waals surface area (Å²) in [7, 11) is 0. The maximum Gasteiger partial charge on any atom is 0.254 e. The fourth-order valence-corrected chi connectivity index (χ4v) is 2.97. The first kappa shape index (κ1) is 16.0. The summed E-state index contributed by atoms with van der Waals surface area (Å²) in [5.74, 6) is -0.362. The molecule has 23 heavy (non-hydrogen) atoms. The van der Waals surface area contributed by atoms with E-state index in [1.807, 2.05) is 6.92 Å². The van der Waals surface area contributed by atoms with Crippen LogP contribution in [0, 0.1) is 5.82 Å². The molecule has 0 aliphatic carbocycles. The Morgan fingerprint density at radius 3 is 2.65 bits per heavy atom. The van der Waals surface area contributed by atoms with Gasteiger partial charge in [-0.25, -0.2) is 4.39 Å². The molecule has 1 aliphatic heterocycles. The molecule has 0 N–H and O–H groups in total. The van der Waals surface area contributed by atoms with Gasteiger partial charge in [0.05, 0.1) is 12.6 Å². The van der Waals surface area contributed by atoms with Gasteiger partial charge in [0.15, 0.2) is 0 Å². The highest BCUT2D eigenvalue weighted by molar-refractivity contribution is 6.30. The topological polar surface area (TPSA) is 29.5 Å². The average Bonchev–Trinajstić information content (AvgIpc) is 2.54. The quantitative estimate of drug-likeness (QED) is 0.828. The molecule has 0 saturated carbocycles. The largest absolute Gasteiger partial charge is 0.367 e. The van der Waals surface area contributed by atoms with Gasteiger partial charge in [-0.1, -0.05) is 29.8 Å². The molecule has 0 aromatic heterocycles. The molecule has 1 fully saturated rings. The van der Waals surface area contributed by atoms with Crippen LogP contribution in [0.5, 0.6) is 0 Å². The number of morpholine rings is 1. The lowest BCUT2D eigenvalue weighted by Gasteiger charge is -2.37. The molecule has 2 atom stereocenters. The highest BCUT2D eigenvalue weighted by atomic mass is 35.5. The Morgan fingerprint density at radius 2 is 1.96 bits per heavy atom.